The summed E-state index contributed by atoms with van der Waals surface area (Å²) in [7, 11) is 0. The Hall–Kier alpha value is -1.35. The van der Waals surface area contributed by atoms with Gasteiger partial charge in [-0.15, -0.1) is 0 Å². The Balaban J connectivity index is 2.72. The van der Waals surface area contributed by atoms with Gasteiger partial charge >= 0.3 is 5.97 Å². The molecule has 0 saturated carbocycles. The lowest BCUT2D eigenvalue weighted by Crippen LogP contribution is -2.31. The van der Waals surface area contributed by atoms with Gasteiger partial charge in [0.05, 0.1) is 12.0 Å². The van der Waals surface area contributed by atoms with Crippen LogP contribution in [0, 0.1) is 5.41 Å². The van der Waals surface area contributed by atoms with Gasteiger partial charge in [0.15, 0.2) is 0 Å². The van der Waals surface area contributed by atoms with E-state index in [1.807, 2.05) is 32.0 Å². The van der Waals surface area contributed by atoms with Gasteiger partial charge < -0.3 is 9.84 Å². The Bertz CT molecular complexity index is 388. The van der Waals surface area contributed by atoms with Crippen molar-refractivity contribution >= 4 is 5.97 Å². The van der Waals surface area contributed by atoms with Gasteiger partial charge in [0, 0.05) is 0 Å². The third-order valence-electron chi connectivity index (χ3n) is 3.72. The summed E-state index contributed by atoms with van der Waals surface area (Å²) in [6.07, 6.45) is 1.48. The van der Waals surface area contributed by atoms with Crippen molar-refractivity contribution in [2.24, 2.45) is 5.41 Å². The highest BCUT2D eigenvalue weighted by molar-refractivity contribution is 5.76. The van der Waals surface area contributed by atoms with Crippen LogP contribution in [0.25, 0.3) is 0 Å². The Morgan fingerprint density at radius 1 is 1.37 bits per heavy atom. The molecule has 0 aliphatic rings. The molecule has 2 atom stereocenters. The lowest BCUT2D eigenvalue weighted by Gasteiger charge is -2.29. The molecule has 19 heavy (non-hydrogen) atoms. The fraction of sp³-hybridized carbons (Fsp3) is 0.562. The molecular formula is C16H24O3. The maximum atomic E-state index is 12.1. The van der Waals surface area contributed by atoms with Crippen molar-refractivity contribution in [1.82, 2.24) is 0 Å². The first-order valence-corrected chi connectivity index (χ1v) is 6.86. The lowest BCUT2D eigenvalue weighted by molar-refractivity contribution is -0.156. The highest BCUT2D eigenvalue weighted by atomic mass is 16.5. The van der Waals surface area contributed by atoms with Gasteiger partial charge in [-0.1, -0.05) is 44.2 Å². The van der Waals surface area contributed by atoms with Crippen LogP contribution in [-0.2, 0) is 9.53 Å². The summed E-state index contributed by atoms with van der Waals surface area (Å²) >= 11 is 0. The zero-order valence-electron chi connectivity index (χ0n) is 12.1. The molecule has 106 valence electrons. The second kappa shape index (κ2) is 7.29. The molecule has 0 heterocycles. The van der Waals surface area contributed by atoms with Gasteiger partial charge in [-0.3, -0.25) is 4.79 Å². The van der Waals surface area contributed by atoms with Gasteiger partial charge in [-0.25, -0.2) is 0 Å². The number of carbonyl (C=O) groups excluding carboxylic acids is 1. The molecule has 0 aliphatic carbocycles. The second-order valence-electron chi connectivity index (χ2n) is 5.29. The normalized spacial score (nSPS) is 15.6. The van der Waals surface area contributed by atoms with E-state index in [4.69, 9.17) is 9.84 Å². The van der Waals surface area contributed by atoms with Gasteiger partial charge in [0.2, 0.25) is 0 Å². The predicted octanol–water partition coefficient (Wildman–Crippen LogP) is 3.13. The van der Waals surface area contributed by atoms with Gasteiger partial charge in [0.1, 0.15) is 6.61 Å². The monoisotopic (exact) mass is 264 g/mol. The van der Waals surface area contributed by atoms with E-state index in [-0.39, 0.29) is 19.2 Å². The molecule has 0 saturated heterocycles. The predicted molar refractivity (Wildman–Crippen MR) is 75.9 cm³/mol. The molecule has 1 rings (SSSR count). The molecule has 0 bridgehead atoms. The highest BCUT2D eigenvalue weighted by Gasteiger charge is 2.34. The van der Waals surface area contributed by atoms with Crippen molar-refractivity contribution in [3.63, 3.8) is 0 Å². The number of ether oxygens (including phenoxy) is 1. The smallest absolute Gasteiger partial charge is 0.311 e. The van der Waals surface area contributed by atoms with E-state index < -0.39 is 5.41 Å². The Kier molecular flexibility index (Phi) is 6.03. The molecule has 1 aromatic rings. The van der Waals surface area contributed by atoms with Crippen LogP contribution < -0.4 is 0 Å². The van der Waals surface area contributed by atoms with Crippen LogP contribution in [0.15, 0.2) is 30.3 Å². The molecule has 1 aromatic carbocycles. The van der Waals surface area contributed by atoms with E-state index in [2.05, 4.69) is 19.1 Å². The number of hydrogen-bond donors (Lipinski definition) is 1. The number of carbonyl (C=O) groups is 1. The molecule has 0 amide bonds. The molecular weight excluding hydrogens is 240 g/mol. The zero-order valence-corrected chi connectivity index (χ0v) is 12.1. The molecule has 0 spiro atoms. The van der Waals surface area contributed by atoms with Crippen LogP contribution in [0.2, 0.25) is 0 Å². The molecule has 3 nitrogen and oxygen atoms in total. The number of benzene rings is 1. The molecule has 1 N–H and O–H groups in total. The summed E-state index contributed by atoms with van der Waals surface area (Å²) in [5.41, 5.74) is 0.738. The van der Waals surface area contributed by atoms with Crippen molar-refractivity contribution < 1.29 is 14.6 Å². The maximum absolute atomic E-state index is 12.1. The number of rotatable bonds is 7. The van der Waals surface area contributed by atoms with Gasteiger partial charge in [-0.05, 0) is 31.2 Å². The second-order valence-corrected chi connectivity index (χ2v) is 5.29. The molecule has 0 radical (unpaired) electrons. The van der Waals surface area contributed by atoms with Crippen LogP contribution in [0.5, 0.6) is 0 Å². The largest absolute Gasteiger partial charge is 0.463 e. The van der Waals surface area contributed by atoms with Crippen LogP contribution in [0.1, 0.15) is 45.1 Å². The average Bonchev–Trinajstić information content (AvgIpc) is 2.45. The van der Waals surface area contributed by atoms with Crippen molar-refractivity contribution in [3.05, 3.63) is 35.9 Å². The topological polar surface area (TPSA) is 46.5 Å². The van der Waals surface area contributed by atoms with Crippen molar-refractivity contribution in [2.75, 3.05) is 13.2 Å². The van der Waals surface area contributed by atoms with Crippen LogP contribution in [-0.4, -0.2) is 24.3 Å². The van der Waals surface area contributed by atoms with E-state index in [0.717, 1.165) is 12.8 Å². The molecule has 0 fully saturated rings. The van der Waals surface area contributed by atoms with E-state index in [1.54, 1.807) is 0 Å². The molecule has 3 heteroatoms. The van der Waals surface area contributed by atoms with E-state index in [9.17, 15) is 4.79 Å². The summed E-state index contributed by atoms with van der Waals surface area (Å²) in [6, 6.07) is 10.2. The van der Waals surface area contributed by atoms with E-state index in [0.29, 0.717) is 5.92 Å². The standard InChI is InChI=1S/C16H24O3/c1-4-16(3,15(18)19-11-10-17)12-13(2)14-8-6-5-7-9-14/h5-9,13,17H,4,10-12H2,1-3H3. The average molecular weight is 264 g/mol. The minimum absolute atomic E-state index is 0.0775. The lowest BCUT2D eigenvalue weighted by atomic mass is 9.77. The van der Waals surface area contributed by atoms with Crippen molar-refractivity contribution in [3.8, 4) is 0 Å². The van der Waals surface area contributed by atoms with Crippen LogP contribution in [0.4, 0.5) is 0 Å². The minimum atomic E-state index is -0.496. The third kappa shape index (κ3) is 4.35. The summed E-state index contributed by atoms with van der Waals surface area (Å²) in [5, 5.41) is 8.74. The molecule has 0 aliphatic heterocycles. The minimum Gasteiger partial charge on any atom is -0.463 e. The summed E-state index contributed by atoms with van der Waals surface area (Å²) in [5.74, 6) is 0.0830. The van der Waals surface area contributed by atoms with Gasteiger partial charge in [-0.2, -0.15) is 0 Å². The highest BCUT2D eigenvalue weighted by Crippen LogP contribution is 2.35. The SMILES string of the molecule is CCC(C)(CC(C)c1ccccc1)C(=O)OCCO. The van der Waals surface area contributed by atoms with Crippen LogP contribution in [0.3, 0.4) is 0 Å². The fourth-order valence-electron chi connectivity index (χ4n) is 2.26. The zero-order chi connectivity index (χ0) is 14.3. The maximum Gasteiger partial charge on any atom is 0.311 e. The fourth-order valence-corrected chi connectivity index (χ4v) is 2.26. The molecule has 0 aromatic heterocycles. The first kappa shape index (κ1) is 15.7. The third-order valence-corrected chi connectivity index (χ3v) is 3.72. The number of esters is 1. The number of aliphatic hydroxyl groups is 1. The summed E-state index contributed by atoms with van der Waals surface area (Å²) in [6.45, 7) is 6.01. The Labute approximate surface area is 115 Å². The first-order chi connectivity index (χ1) is 9.03. The number of aliphatic hydroxyl groups excluding tert-OH is 1. The van der Waals surface area contributed by atoms with Gasteiger partial charge in [0.25, 0.3) is 0 Å². The first-order valence-electron chi connectivity index (χ1n) is 6.86. The van der Waals surface area contributed by atoms with Crippen molar-refractivity contribution in [1.29, 1.82) is 0 Å². The quantitative estimate of drug-likeness (QED) is 0.770. The number of hydrogen-bond acceptors (Lipinski definition) is 3. The molecule has 2 unspecified atom stereocenters. The summed E-state index contributed by atoms with van der Waals surface area (Å²) in [4.78, 5) is 12.1. The Morgan fingerprint density at radius 2 is 2.00 bits per heavy atom. The van der Waals surface area contributed by atoms with E-state index >= 15 is 0 Å². The van der Waals surface area contributed by atoms with Crippen molar-refractivity contribution in [2.45, 2.75) is 39.5 Å². The van der Waals surface area contributed by atoms with E-state index in [1.165, 1.54) is 5.56 Å². The Morgan fingerprint density at radius 3 is 2.53 bits per heavy atom. The summed E-state index contributed by atoms with van der Waals surface area (Å²) < 4.78 is 5.10. The van der Waals surface area contributed by atoms with Crippen LogP contribution >= 0.6 is 0 Å².